The monoisotopic (exact) mass is 365 g/mol. The largest absolute Gasteiger partial charge is 0.310 e. The number of rotatable bonds is 8. The van der Waals surface area contributed by atoms with Crippen LogP contribution in [0.3, 0.4) is 0 Å². The summed E-state index contributed by atoms with van der Waals surface area (Å²) in [5.41, 5.74) is 3.00. The van der Waals surface area contributed by atoms with Crippen molar-refractivity contribution >= 4 is 0 Å². The van der Waals surface area contributed by atoms with Gasteiger partial charge in [0.2, 0.25) is 0 Å². The molecule has 0 aliphatic carbocycles. The first-order valence-corrected chi connectivity index (χ1v) is 9.46. The van der Waals surface area contributed by atoms with Crippen molar-refractivity contribution in [2.45, 2.75) is 31.7 Å². The molecule has 3 aromatic rings. The quantitative estimate of drug-likeness (QED) is 0.499. The van der Waals surface area contributed by atoms with Crippen LogP contribution in [0.1, 0.15) is 48.4 Å². The van der Waals surface area contributed by atoms with Gasteiger partial charge in [-0.15, -0.1) is 0 Å². The first-order valence-electron chi connectivity index (χ1n) is 9.46. The predicted octanol–water partition coefficient (Wildman–Crippen LogP) is 6.23. The standard InChI is InChI=1S/C24H25F2N/c1-2-24(18-8-4-3-5-9-18)27-15-14-23(19-10-6-12-21(25)16-19)20-11-7-13-22(26)17-20/h3-13,16-17,23-24,27H,2,14-15H2,1H3. The van der Waals surface area contributed by atoms with E-state index in [-0.39, 0.29) is 23.6 Å². The van der Waals surface area contributed by atoms with Gasteiger partial charge in [-0.1, -0.05) is 61.5 Å². The Morgan fingerprint density at radius 1 is 0.741 bits per heavy atom. The molecule has 0 heterocycles. The molecule has 1 unspecified atom stereocenters. The van der Waals surface area contributed by atoms with Gasteiger partial charge in [0.1, 0.15) is 11.6 Å². The Labute approximate surface area is 160 Å². The van der Waals surface area contributed by atoms with Gasteiger partial charge in [0.15, 0.2) is 0 Å². The van der Waals surface area contributed by atoms with Gasteiger partial charge < -0.3 is 5.32 Å². The molecule has 1 nitrogen and oxygen atoms in total. The molecular weight excluding hydrogens is 340 g/mol. The molecule has 1 N–H and O–H groups in total. The third-order valence-electron chi connectivity index (χ3n) is 4.94. The van der Waals surface area contributed by atoms with Crippen molar-refractivity contribution in [1.29, 1.82) is 0 Å². The topological polar surface area (TPSA) is 12.0 Å². The molecule has 0 saturated carbocycles. The summed E-state index contributed by atoms with van der Waals surface area (Å²) in [6.45, 7) is 2.91. The average molecular weight is 365 g/mol. The van der Waals surface area contributed by atoms with Gasteiger partial charge >= 0.3 is 0 Å². The fourth-order valence-corrected chi connectivity index (χ4v) is 3.56. The molecule has 1 atom stereocenters. The maximum absolute atomic E-state index is 13.8. The zero-order chi connectivity index (χ0) is 19.1. The summed E-state index contributed by atoms with van der Waals surface area (Å²) in [6, 6.07) is 23.8. The lowest BCUT2D eigenvalue weighted by Crippen LogP contribution is -2.23. The molecule has 0 amide bonds. The van der Waals surface area contributed by atoms with Crippen LogP contribution in [0, 0.1) is 11.6 Å². The minimum Gasteiger partial charge on any atom is -0.310 e. The van der Waals surface area contributed by atoms with Gasteiger partial charge in [-0.25, -0.2) is 8.78 Å². The van der Waals surface area contributed by atoms with E-state index in [0.717, 1.165) is 30.5 Å². The zero-order valence-corrected chi connectivity index (χ0v) is 15.5. The van der Waals surface area contributed by atoms with Gasteiger partial charge in [0, 0.05) is 12.0 Å². The average Bonchev–Trinajstić information content (AvgIpc) is 2.69. The Kier molecular flexibility index (Phi) is 6.72. The predicted molar refractivity (Wildman–Crippen MR) is 107 cm³/mol. The molecular formula is C24H25F2N. The molecule has 3 aromatic carbocycles. The second kappa shape index (κ2) is 9.43. The summed E-state index contributed by atoms with van der Waals surface area (Å²) in [5.74, 6) is -0.590. The van der Waals surface area contributed by atoms with Gasteiger partial charge in [-0.3, -0.25) is 0 Å². The van der Waals surface area contributed by atoms with Crippen molar-refractivity contribution in [3.8, 4) is 0 Å². The molecule has 0 aromatic heterocycles. The van der Waals surface area contributed by atoms with Crippen LogP contribution in [0.15, 0.2) is 78.9 Å². The Balaban J connectivity index is 1.76. The van der Waals surface area contributed by atoms with Crippen LogP contribution in [0.2, 0.25) is 0 Å². The molecule has 0 bridgehead atoms. The van der Waals surface area contributed by atoms with Crippen LogP contribution in [0.4, 0.5) is 8.78 Å². The minimum atomic E-state index is -0.266. The Morgan fingerprint density at radius 3 is 1.81 bits per heavy atom. The van der Waals surface area contributed by atoms with Gasteiger partial charge in [0.25, 0.3) is 0 Å². The third-order valence-corrected chi connectivity index (χ3v) is 4.94. The van der Waals surface area contributed by atoms with E-state index in [2.05, 4.69) is 24.4 Å². The van der Waals surface area contributed by atoms with E-state index in [1.165, 1.54) is 17.7 Å². The molecule has 0 radical (unpaired) electrons. The smallest absolute Gasteiger partial charge is 0.123 e. The van der Waals surface area contributed by atoms with Crippen molar-refractivity contribution in [3.63, 3.8) is 0 Å². The van der Waals surface area contributed by atoms with Crippen LogP contribution in [0.25, 0.3) is 0 Å². The van der Waals surface area contributed by atoms with E-state index in [1.807, 2.05) is 30.3 Å². The first-order chi connectivity index (χ1) is 13.2. The first kappa shape index (κ1) is 19.2. The normalized spacial score (nSPS) is 12.3. The van der Waals surface area contributed by atoms with Crippen LogP contribution in [-0.2, 0) is 0 Å². The van der Waals surface area contributed by atoms with E-state index in [0.29, 0.717) is 0 Å². The number of halogens is 2. The second-order valence-corrected chi connectivity index (χ2v) is 6.78. The maximum Gasteiger partial charge on any atom is 0.123 e. The summed E-state index contributed by atoms with van der Waals surface area (Å²) >= 11 is 0. The van der Waals surface area contributed by atoms with Crippen molar-refractivity contribution < 1.29 is 8.78 Å². The highest BCUT2D eigenvalue weighted by atomic mass is 19.1. The van der Waals surface area contributed by atoms with Crippen molar-refractivity contribution in [1.82, 2.24) is 5.32 Å². The van der Waals surface area contributed by atoms with Crippen LogP contribution in [0.5, 0.6) is 0 Å². The van der Waals surface area contributed by atoms with Crippen LogP contribution in [-0.4, -0.2) is 6.54 Å². The van der Waals surface area contributed by atoms with Crippen molar-refractivity contribution in [3.05, 3.63) is 107 Å². The Morgan fingerprint density at radius 2 is 1.30 bits per heavy atom. The molecule has 3 heteroatoms. The van der Waals surface area contributed by atoms with Crippen LogP contribution < -0.4 is 5.32 Å². The number of hydrogen-bond donors (Lipinski definition) is 1. The maximum atomic E-state index is 13.8. The Bertz CT molecular complexity index is 802. The summed E-state index contributed by atoms with van der Waals surface area (Å²) in [4.78, 5) is 0. The summed E-state index contributed by atoms with van der Waals surface area (Å²) in [7, 11) is 0. The highest BCUT2D eigenvalue weighted by Gasteiger charge is 2.16. The summed E-state index contributed by atoms with van der Waals surface area (Å²) in [6.07, 6.45) is 1.74. The zero-order valence-electron chi connectivity index (χ0n) is 15.5. The molecule has 0 saturated heterocycles. The molecule has 0 aliphatic rings. The summed E-state index contributed by atoms with van der Waals surface area (Å²) in [5, 5.41) is 3.60. The number of hydrogen-bond acceptors (Lipinski definition) is 1. The molecule has 3 rings (SSSR count). The van der Waals surface area contributed by atoms with Gasteiger partial charge in [-0.2, -0.15) is 0 Å². The fraction of sp³-hybridized carbons (Fsp3) is 0.250. The SMILES string of the molecule is CCC(NCCC(c1cccc(F)c1)c1cccc(F)c1)c1ccccc1. The van der Waals surface area contributed by atoms with E-state index in [9.17, 15) is 8.78 Å². The van der Waals surface area contributed by atoms with Gasteiger partial charge in [0.05, 0.1) is 0 Å². The van der Waals surface area contributed by atoms with E-state index in [4.69, 9.17) is 0 Å². The van der Waals surface area contributed by atoms with E-state index in [1.54, 1.807) is 24.3 Å². The molecule has 140 valence electrons. The summed E-state index contributed by atoms with van der Waals surface area (Å²) < 4.78 is 27.5. The lowest BCUT2D eigenvalue weighted by molar-refractivity contribution is 0.497. The lowest BCUT2D eigenvalue weighted by Gasteiger charge is -2.22. The fourth-order valence-electron chi connectivity index (χ4n) is 3.56. The molecule has 0 spiro atoms. The molecule has 27 heavy (non-hydrogen) atoms. The number of nitrogens with one attached hydrogen (secondary N) is 1. The minimum absolute atomic E-state index is 0.0582. The van der Waals surface area contributed by atoms with Crippen molar-refractivity contribution in [2.24, 2.45) is 0 Å². The second-order valence-electron chi connectivity index (χ2n) is 6.78. The van der Waals surface area contributed by atoms with Crippen LogP contribution >= 0.6 is 0 Å². The van der Waals surface area contributed by atoms with Gasteiger partial charge in [-0.05, 0) is 60.3 Å². The molecule has 0 aliphatic heterocycles. The Hall–Kier alpha value is -2.52. The van der Waals surface area contributed by atoms with E-state index >= 15 is 0 Å². The van der Waals surface area contributed by atoms with Crippen molar-refractivity contribution in [2.75, 3.05) is 6.54 Å². The highest BCUT2D eigenvalue weighted by molar-refractivity contribution is 5.33. The highest BCUT2D eigenvalue weighted by Crippen LogP contribution is 2.29. The third kappa shape index (κ3) is 5.24. The van der Waals surface area contributed by atoms with E-state index < -0.39 is 0 Å². The molecule has 0 fully saturated rings. The lowest BCUT2D eigenvalue weighted by atomic mass is 9.88. The number of benzene rings is 3.